The molecule has 1 fully saturated rings. The number of nitrogens with two attached hydrogens (primary N) is 1. The summed E-state index contributed by atoms with van der Waals surface area (Å²) in [6.07, 6.45) is 6.66. The van der Waals surface area contributed by atoms with Crippen molar-refractivity contribution in [1.29, 1.82) is 0 Å². The normalized spacial score (nSPS) is 19.2. The Labute approximate surface area is 105 Å². The third-order valence-electron chi connectivity index (χ3n) is 2.93. The lowest BCUT2D eigenvalue weighted by Gasteiger charge is -2.14. The molecule has 1 unspecified atom stereocenters. The van der Waals surface area contributed by atoms with Gasteiger partial charge in [0.2, 0.25) is 0 Å². The maximum absolute atomic E-state index is 10.1. The van der Waals surface area contributed by atoms with E-state index >= 15 is 0 Å². The second-order valence-corrected chi connectivity index (χ2v) is 5.33. The van der Waals surface area contributed by atoms with Gasteiger partial charge in [-0.05, 0) is 24.2 Å². The number of hydrogen-bond acceptors (Lipinski definition) is 5. The van der Waals surface area contributed by atoms with Crippen LogP contribution in [0, 0.1) is 0 Å². The van der Waals surface area contributed by atoms with E-state index in [1.165, 1.54) is 18.6 Å². The summed E-state index contributed by atoms with van der Waals surface area (Å²) in [6, 6.07) is 0. The van der Waals surface area contributed by atoms with Gasteiger partial charge < -0.3 is 10.5 Å². The minimum absolute atomic E-state index is 0.358. The molecule has 1 saturated heterocycles. The maximum atomic E-state index is 10.1. The van der Waals surface area contributed by atoms with Crippen LogP contribution in [0.5, 0.6) is 0 Å². The zero-order chi connectivity index (χ0) is 12.1. The third kappa shape index (κ3) is 2.91. The van der Waals surface area contributed by atoms with Crippen LogP contribution in [0.25, 0.3) is 0 Å². The van der Waals surface area contributed by atoms with E-state index in [2.05, 4.69) is 9.72 Å². The molecular formula is C12H16N2O2S. The molecule has 1 aliphatic rings. The molecular weight excluding hydrogens is 236 g/mol. The van der Waals surface area contributed by atoms with Crippen molar-refractivity contribution in [2.45, 2.75) is 24.5 Å². The van der Waals surface area contributed by atoms with Gasteiger partial charge in [-0.1, -0.05) is 0 Å². The fraction of sp³-hybridized carbons (Fsp3) is 0.500. The van der Waals surface area contributed by atoms with Crippen LogP contribution >= 0.6 is 11.8 Å². The molecule has 0 spiro atoms. The van der Waals surface area contributed by atoms with Gasteiger partial charge >= 0.3 is 0 Å². The standard InChI is InChI=1S/C12H16N2O2S/c13-12-9(3-4-16-8-15)6-14-7-10(12)11-2-1-5-17-11/h6-8,11H,1-5H2,(H2,13,14). The molecule has 1 aromatic heterocycles. The lowest BCUT2D eigenvalue weighted by molar-refractivity contribution is -0.128. The molecule has 4 nitrogen and oxygen atoms in total. The fourth-order valence-corrected chi connectivity index (χ4v) is 3.35. The van der Waals surface area contributed by atoms with Crippen molar-refractivity contribution in [3.63, 3.8) is 0 Å². The predicted octanol–water partition coefficient (Wildman–Crippen LogP) is 1.95. The Morgan fingerprint density at radius 1 is 1.59 bits per heavy atom. The van der Waals surface area contributed by atoms with E-state index in [1.807, 2.05) is 18.0 Å². The van der Waals surface area contributed by atoms with Crippen molar-refractivity contribution in [3.05, 3.63) is 23.5 Å². The first-order valence-corrected chi connectivity index (χ1v) is 6.77. The molecule has 2 N–H and O–H groups in total. The zero-order valence-corrected chi connectivity index (χ0v) is 10.4. The van der Waals surface area contributed by atoms with Crippen LogP contribution < -0.4 is 5.73 Å². The van der Waals surface area contributed by atoms with Crippen LogP contribution in [0.15, 0.2) is 12.4 Å². The number of thioether (sulfide) groups is 1. The van der Waals surface area contributed by atoms with Gasteiger partial charge in [-0.3, -0.25) is 9.78 Å². The highest BCUT2D eigenvalue weighted by Gasteiger charge is 2.21. The van der Waals surface area contributed by atoms with Crippen LogP contribution in [0.2, 0.25) is 0 Å². The minimum atomic E-state index is 0.358. The number of carbonyl (C=O) groups is 1. The van der Waals surface area contributed by atoms with Gasteiger partial charge in [-0.2, -0.15) is 11.8 Å². The van der Waals surface area contributed by atoms with E-state index < -0.39 is 0 Å². The number of carbonyl (C=O) groups excluding carboxylic acids is 1. The predicted molar refractivity (Wildman–Crippen MR) is 68.8 cm³/mol. The number of nitrogens with zero attached hydrogens (tertiary/aromatic N) is 1. The lowest BCUT2D eigenvalue weighted by atomic mass is 10.0. The van der Waals surface area contributed by atoms with Gasteiger partial charge in [0.1, 0.15) is 0 Å². The monoisotopic (exact) mass is 252 g/mol. The highest BCUT2D eigenvalue weighted by atomic mass is 32.2. The van der Waals surface area contributed by atoms with Crippen molar-refractivity contribution < 1.29 is 9.53 Å². The van der Waals surface area contributed by atoms with Crippen molar-refractivity contribution >= 4 is 23.9 Å². The molecule has 2 heterocycles. The number of ether oxygens (including phenoxy) is 1. The molecule has 0 aromatic carbocycles. The maximum Gasteiger partial charge on any atom is 0.293 e. The Morgan fingerprint density at radius 2 is 2.47 bits per heavy atom. The van der Waals surface area contributed by atoms with E-state index in [9.17, 15) is 4.79 Å². The van der Waals surface area contributed by atoms with Crippen LogP contribution in [-0.4, -0.2) is 23.8 Å². The number of nitrogen functional groups attached to an aromatic ring is 1. The summed E-state index contributed by atoms with van der Waals surface area (Å²) in [5.74, 6) is 1.20. The van der Waals surface area contributed by atoms with Crippen LogP contribution in [0.4, 0.5) is 5.69 Å². The Hall–Kier alpha value is -1.23. The summed E-state index contributed by atoms with van der Waals surface area (Å²) in [5, 5.41) is 0.481. The van der Waals surface area contributed by atoms with E-state index in [0.29, 0.717) is 24.7 Å². The molecule has 0 bridgehead atoms. The number of anilines is 1. The Morgan fingerprint density at radius 3 is 3.18 bits per heavy atom. The van der Waals surface area contributed by atoms with Gasteiger partial charge in [-0.15, -0.1) is 0 Å². The highest BCUT2D eigenvalue weighted by Crippen LogP contribution is 2.42. The van der Waals surface area contributed by atoms with E-state index in [0.717, 1.165) is 16.8 Å². The highest BCUT2D eigenvalue weighted by molar-refractivity contribution is 7.99. The summed E-state index contributed by atoms with van der Waals surface area (Å²) in [4.78, 5) is 14.3. The molecule has 0 amide bonds. The topological polar surface area (TPSA) is 65.2 Å². The van der Waals surface area contributed by atoms with Gasteiger partial charge in [0, 0.05) is 35.3 Å². The van der Waals surface area contributed by atoms with Gasteiger partial charge in [0.05, 0.1) is 6.61 Å². The quantitative estimate of drug-likeness (QED) is 0.641. The van der Waals surface area contributed by atoms with Crippen LogP contribution in [0.3, 0.4) is 0 Å². The van der Waals surface area contributed by atoms with Crippen molar-refractivity contribution in [2.24, 2.45) is 0 Å². The largest absolute Gasteiger partial charge is 0.468 e. The van der Waals surface area contributed by atoms with Crippen LogP contribution in [0.1, 0.15) is 29.2 Å². The first kappa shape index (κ1) is 12.2. The van der Waals surface area contributed by atoms with Gasteiger partial charge in [-0.25, -0.2) is 0 Å². The molecule has 92 valence electrons. The lowest BCUT2D eigenvalue weighted by Crippen LogP contribution is -2.05. The van der Waals surface area contributed by atoms with Gasteiger partial charge in [0.25, 0.3) is 6.47 Å². The summed E-state index contributed by atoms with van der Waals surface area (Å²) in [6.45, 7) is 0.816. The van der Waals surface area contributed by atoms with Crippen molar-refractivity contribution in [1.82, 2.24) is 4.98 Å². The average Bonchev–Trinajstić information content (AvgIpc) is 2.85. The fourth-order valence-electron chi connectivity index (χ4n) is 2.03. The summed E-state index contributed by atoms with van der Waals surface area (Å²) in [7, 11) is 0. The molecule has 1 atom stereocenters. The minimum Gasteiger partial charge on any atom is -0.468 e. The third-order valence-corrected chi connectivity index (χ3v) is 4.35. The summed E-state index contributed by atoms with van der Waals surface area (Å²) in [5.41, 5.74) is 9.07. The first-order chi connectivity index (χ1) is 8.33. The number of rotatable bonds is 5. The number of aromatic nitrogens is 1. The van der Waals surface area contributed by atoms with E-state index in [4.69, 9.17) is 5.73 Å². The zero-order valence-electron chi connectivity index (χ0n) is 9.59. The summed E-state index contributed by atoms with van der Waals surface area (Å²) >= 11 is 1.94. The molecule has 1 aromatic rings. The first-order valence-electron chi connectivity index (χ1n) is 5.72. The second-order valence-electron chi connectivity index (χ2n) is 4.02. The van der Waals surface area contributed by atoms with Crippen molar-refractivity contribution in [2.75, 3.05) is 18.1 Å². The molecule has 0 radical (unpaired) electrons. The Bertz CT molecular complexity index is 392. The summed E-state index contributed by atoms with van der Waals surface area (Å²) < 4.78 is 4.69. The molecule has 1 aliphatic heterocycles. The Balaban J connectivity index is 2.11. The average molecular weight is 252 g/mol. The molecule has 17 heavy (non-hydrogen) atoms. The van der Waals surface area contributed by atoms with Crippen LogP contribution in [-0.2, 0) is 16.0 Å². The van der Waals surface area contributed by atoms with E-state index in [1.54, 1.807) is 6.20 Å². The van der Waals surface area contributed by atoms with E-state index in [-0.39, 0.29) is 0 Å². The van der Waals surface area contributed by atoms with Crippen molar-refractivity contribution in [3.8, 4) is 0 Å². The molecule has 0 saturated carbocycles. The molecule has 5 heteroatoms. The molecule has 0 aliphatic carbocycles. The second kappa shape index (κ2) is 5.91. The SMILES string of the molecule is Nc1c(CCOC=O)cncc1C1CCCS1. The smallest absolute Gasteiger partial charge is 0.293 e. The van der Waals surface area contributed by atoms with Gasteiger partial charge in [0.15, 0.2) is 0 Å². The number of hydrogen-bond donors (Lipinski definition) is 1. The number of pyridine rings is 1. The molecule has 2 rings (SSSR count). The Kier molecular flexibility index (Phi) is 4.25.